The largest absolute Gasteiger partial charge is 0.389 e. The van der Waals surface area contributed by atoms with Crippen LogP contribution in [0.1, 0.15) is 52.4 Å². The number of nitrogens with zero attached hydrogens (tertiary/aromatic N) is 1. The fourth-order valence-electron chi connectivity index (χ4n) is 3.10. The van der Waals surface area contributed by atoms with Crippen LogP contribution < -0.4 is 0 Å². The van der Waals surface area contributed by atoms with Crippen LogP contribution in [-0.2, 0) is 0 Å². The fourth-order valence-corrected chi connectivity index (χ4v) is 3.84. The van der Waals surface area contributed by atoms with E-state index in [0.29, 0.717) is 5.41 Å². The summed E-state index contributed by atoms with van der Waals surface area (Å²) in [5.41, 5.74) is -0.163. The monoisotopic (exact) mass is 305 g/mol. The number of hydrogen-bond donors (Lipinski definition) is 1. The Kier molecular flexibility index (Phi) is 5.94. The molecule has 0 radical (unpaired) electrons. The predicted octanol–water partition coefficient (Wildman–Crippen LogP) is 3.42. The third-order valence-electron chi connectivity index (χ3n) is 3.71. The van der Waals surface area contributed by atoms with Gasteiger partial charge in [0.05, 0.1) is 5.60 Å². The molecular weight excluding hydrogens is 278 g/mol. The molecule has 0 unspecified atom stereocenters. The van der Waals surface area contributed by atoms with Crippen molar-refractivity contribution in [2.45, 2.75) is 58.0 Å². The minimum atomic E-state index is -0.590. The highest BCUT2D eigenvalue weighted by atomic mass is 79.9. The lowest BCUT2D eigenvalue weighted by atomic mass is 9.82. The number of hydrogen-bond acceptors (Lipinski definition) is 2. The predicted molar refractivity (Wildman–Crippen MR) is 77.7 cm³/mol. The second-order valence-corrected chi connectivity index (χ2v) is 7.09. The second kappa shape index (κ2) is 6.53. The van der Waals surface area contributed by atoms with Gasteiger partial charge in [-0.15, -0.1) is 0 Å². The molecule has 0 heterocycles. The summed E-state index contributed by atoms with van der Waals surface area (Å²) in [6, 6.07) is 0. The minimum absolute atomic E-state index is 0.427. The maximum atomic E-state index is 9.88. The smallest absolute Gasteiger partial charge is 0.0718 e. The first-order valence-corrected chi connectivity index (χ1v) is 7.96. The standard InChI is InChI=1S/C14H28BrNO/c1-13(2,17)11-16(3)12-14(10-15)8-6-4-5-7-9-14/h17H,4-12H2,1-3H3. The van der Waals surface area contributed by atoms with Crippen molar-refractivity contribution in [3.8, 4) is 0 Å². The molecule has 0 aromatic heterocycles. The van der Waals surface area contributed by atoms with E-state index in [9.17, 15) is 5.11 Å². The first-order chi connectivity index (χ1) is 7.87. The fraction of sp³-hybridized carbons (Fsp3) is 1.00. The van der Waals surface area contributed by atoms with E-state index >= 15 is 0 Å². The highest BCUT2D eigenvalue weighted by Crippen LogP contribution is 2.37. The van der Waals surface area contributed by atoms with Gasteiger partial charge in [-0.1, -0.05) is 41.6 Å². The average molecular weight is 306 g/mol. The van der Waals surface area contributed by atoms with Gasteiger partial charge in [0, 0.05) is 18.4 Å². The summed E-state index contributed by atoms with van der Waals surface area (Å²) in [6.45, 7) is 5.62. The zero-order valence-electron chi connectivity index (χ0n) is 11.6. The van der Waals surface area contributed by atoms with Gasteiger partial charge in [0.25, 0.3) is 0 Å². The van der Waals surface area contributed by atoms with Crippen LogP contribution in [0.5, 0.6) is 0 Å². The van der Waals surface area contributed by atoms with Crippen molar-refractivity contribution in [1.29, 1.82) is 0 Å². The Hall–Kier alpha value is 0.400. The van der Waals surface area contributed by atoms with Crippen molar-refractivity contribution in [2.75, 3.05) is 25.5 Å². The summed E-state index contributed by atoms with van der Waals surface area (Å²) in [5.74, 6) is 0. The van der Waals surface area contributed by atoms with Crippen LogP contribution in [0.3, 0.4) is 0 Å². The van der Waals surface area contributed by atoms with Crippen molar-refractivity contribution in [3.63, 3.8) is 0 Å². The molecule has 1 fully saturated rings. The Morgan fingerprint density at radius 1 is 1.18 bits per heavy atom. The van der Waals surface area contributed by atoms with Gasteiger partial charge < -0.3 is 10.0 Å². The van der Waals surface area contributed by atoms with Crippen LogP contribution >= 0.6 is 15.9 Å². The molecule has 2 nitrogen and oxygen atoms in total. The number of halogens is 1. The topological polar surface area (TPSA) is 23.5 Å². The molecule has 102 valence electrons. The molecule has 0 aromatic carbocycles. The molecule has 1 aliphatic rings. The Morgan fingerprint density at radius 2 is 1.71 bits per heavy atom. The summed E-state index contributed by atoms with van der Waals surface area (Å²) in [7, 11) is 2.13. The molecule has 1 rings (SSSR count). The second-order valence-electron chi connectivity index (χ2n) is 6.53. The summed E-state index contributed by atoms with van der Waals surface area (Å²) in [5, 5.41) is 11.0. The maximum Gasteiger partial charge on any atom is 0.0718 e. The van der Waals surface area contributed by atoms with Gasteiger partial charge in [0.1, 0.15) is 0 Å². The van der Waals surface area contributed by atoms with E-state index in [0.717, 1.165) is 18.4 Å². The van der Waals surface area contributed by atoms with Crippen molar-refractivity contribution in [2.24, 2.45) is 5.41 Å². The number of likely N-dealkylation sites (N-methyl/N-ethyl adjacent to an activating group) is 1. The van der Waals surface area contributed by atoms with Gasteiger partial charge in [-0.2, -0.15) is 0 Å². The molecule has 0 bridgehead atoms. The minimum Gasteiger partial charge on any atom is -0.389 e. The van der Waals surface area contributed by atoms with E-state index in [1.165, 1.54) is 38.5 Å². The van der Waals surface area contributed by atoms with Crippen LogP contribution in [0.25, 0.3) is 0 Å². The van der Waals surface area contributed by atoms with E-state index in [1.807, 2.05) is 13.8 Å². The van der Waals surface area contributed by atoms with E-state index < -0.39 is 5.60 Å². The summed E-state index contributed by atoms with van der Waals surface area (Å²) >= 11 is 3.72. The quantitative estimate of drug-likeness (QED) is 0.621. The highest BCUT2D eigenvalue weighted by molar-refractivity contribution is 9.09. The van der Waals surface area contributed by atoms with Crippen molar-refractivity contribution >= 4 is 15.9 Å². The summed E-state index contributed by atoms with van der Waals surface area (Å²) in [4.78, 5) is 2.30. The van der Waals surface area contributed by atoms with E-state index in [2.05, 4.69) is 27.9 Å². The van der Waals surface area contributed by atoms with Gasteiger partial charge in [0.15, 0.2) is 0 Å². The first-order valence-electron chi connectivity index (χ1n) is 6.84. The molecule has 0 amide bonds. The highest BCUT2D eigenvalue weighted by Gasteiger charge is 2.32. The molecule has 3 heteroatoms. The Balaban J connectivity index is 2.54. The molecule has 1 N–H and O–H groups in total. The maximum absolute atomic E-state index is 9.88. The van der Waals surface area contributed by atoms with Crippen molar-refractivity contribution in [1.82, 2.24) is 4.90 Å². The molecule has 0 atom stereocenters. The van der Waals surface area contributed by atoms with Gasteiger partial charge in [-0.3, -0.25) is 0 Å². The summed E-state index contributed by atoms with van der Waals surface area (Å²) < 4.78 is 0. The molecular formula is C14H28BrNO. The van der Waals surface area contributed by atoms with Gasteiger partial charge >= 0.3 is 0 Å². The average Bonchev–Trinajstić information content (AvgIpc) is 2.41. The van der Waals surface area contributed by atoms with Crippen molar-refractivity contribution < 1.29 is 5.11 Å². The van der Waals surface area contributed by atoms with Gasteiger partial charge in [-0.25, -0.2) is 0 Å². The van der Waals surface area contributed by atoms with E-state index in [1.54, 1.807) is 0 Å². The Morgan fingerprint density at radius 3 is 2.12 bits per heavy atom. The van der Waals surface area contributed by atoms with Gasteiger partial charge in [-0.05, 0) is 39.2 Å². The van der Waals surface area contributed by atoms with Crippen LogP contribution in [0.15, 0.2) is 0 Å². The lowest BCUT2D eigenvalue weighted by Crippen LogP contribution is -2.43. The van der Waals surface area contributed by atoms with Crippen molar-refractivity contribution in [3.05, 3.63) is 0 Å². The van der Waals surface area contributed by atoms with Crippen LogP contribution in [0.4, 0.5) is 0 Å². The molecule has 1 aliphatic carbocycles. The van der Waals surface area contributed by atoms with Crippen LogP contribution in [0, 0.1) is 5.41 Å². The first kappa shape index (κ1) is 15.5. The number of alkyl halides is 1. The third-order valence-corrected chi connectivity index (χ3v) is 4.90. The number of aliphatic hydroxyl groups is 1. The van der Waals surface area contributed by atoms with E-state index in [4.69, 9.17) is 0 Å². The molecule has 0 aliphatic heterocycles. The molecule has 0 spiro atoms. The van der Waals surface area contributed by atoms with Gasteiger partial charge in [0.2, 0.25) is 0 Å². The molecule has 17 heavy (non-hydrogen) atoms. The van der Waals surface area contributed by atoms with E-state index in [-0.39, 0.29) is 0 Å². The lowest BCUT2D eigenvalue weighted by Gasteiger charge is -2.37. The molecule has 0 aromatic rings. The zero-order chi connectivity index (χ0) is 12.9. The normalized spacial score (nSPS) is 21.5. The SMILES string of the molecule is CN(CC(C)(C)O)CC1(CBr)CCCCCC1. The zero-order valence-corrected chi connectivity index (χ0v) is 13.2. The van der Waals surface area contributed by atoms with Crippen LogP contribution in [-0.4, -0.2) is 41.1 Å². The molecule has 0 saturated heterocycles. The van der Waals surface area contributed by atoms with Crippen LogP contribution in [0.2, 0.25) is 0 Å². The Bertz CT molecular complexity index is 217. The molecule has 1 saturated carbocycles. The number of rotatable bonds is 5. The lowest BCUT2D eigenvalue weighted by molar-refractivity contribution is 0.0309. The Labute approximate surface area is 115 Å². The summed E-state index contributed by atoms with van der Waals surface area (Å²) in [6.07, 6.45) is 8.17. The third kappa shape index (κ3) is 5.71.